The van der Waals surface area contributed by atoms with Gasteiger partial charge in [-0.2, -0.15) is 0 Å². The number of benzene rings is 3. The lowest BCUT2D eigenvalue weighted by Crippen LogP contribution is -2.12. The molecule has 0 saturated carbocycles. The summed E-state index contributed by atoms with van der Waals surface area (Å²) in [6.45, 7) is -0.138. The Balaban J connectivity index is 1.65. The number of carbonyl (C=O) groups is 2. The first kappa shape index (κ1) is 22.6. The van der Waals surface area contributed by atoms with E-state index in [1.54, 1.807) is 48.5 Å². The standard InChI is InChI=1S/C22H18N2O7S/c1-32(29,30)20-12-11-17(13-19(20)24(27)28)22(26)31-14-15-7-9-16(10-8-15)21(25)23-18-5-3-2-4-6-18/h2-13H,14H2,1H3,(H,23,25). The number of hydrogen-bond acceptors (Lipinski definition) is 7. The summed E-state index contributed by atoms with van der Waals surface area (Å²) in [5.41, 5.74) is 0.818. The van der Waals surface area contributed by atoms with Crippen LogP contribution in [0.25, 0.3) is 0 Å². The molecular weight excluding hydrogens is 436 g/mol. The van der Waals surface area contributed by atoms with Crippen LogP contribution in [0.3, 0.4) is 0 Å². The highest BCUT2D eigenvalue weighted by atomic mass is 32.2. The summed E-state index contributed by atoms with van der Waals surface area (Å²) in [5, 5.41) is 13.9. The molecule has 3 aromatic carbocycles. The molecule has 32 heavy (non-hydrogen) atoms. The molecule has 0 aliphatic heterocycles. The molecule has 10 heteroatoms. The van der Waals surface area contributed by atoms with Gasteiger partial charge in [0.1, 0.15) is 11.5 Å². The highest BCUT2D eigenvalue weighted by Gasteiger charge is 2.24. The Bertz CT molecular complexity index is 1270. The smallest absolute Gasteiger partial charge is 0.338 e. The monoisotopic (exact) mass is 454 g/mol. The molecule has 0 saturated heterocycles. The molecule has 0 bridgehead atoms. The molecule has 164 valence electrons. The maximum absolute atomic E-state index is 12.3. The molecule has 0 aliphatic rings. The lowest BCUT2D eigenvalue weighted by Gasteiger charge is -2.08. The van der Waals surface area contributed by atoms with Crippen molar-refractivity contribution in [2.75, 3.05) is 11.6 Å². The number of nitro benzene ring substituents is 1. The molecule has 0 fully saturated rings. The van der Waals surface area contributed by atoms with Crippen LogP contribution in [-0.4, -0.2) is 31.5 Å². The molecule has 9 nitrogen and oxygen atoms in total. The van der Waals surface area contributed by atoms with Crippen molar-refractivity contribution in [3.05, 3.63) is 99.6 Å². The molecule has 3 rings (SSSR count). The molecule has 0 spiro atoms. The first-order valence-electron chi connectivity index (χ1n) is 9.26. The van der Waals surface area contributed by atoms with Gasteiger partial charge in [0, 0.05) is 23.6 Å². The fourth-order valence-corrected chi connectivity index (χ4v) is 3.64. The Labute approximate surface area is 183 Å². The number of nitrogens with zero attached hydrogens (tertiary/aromatic N) is 1. The summed E-state index contributed by atoms with van der Waals surface area (Å²) in [6, 6.07) is 18.4. The number of sulfone groups is 1. The van der Waals surface area contributed by atoms with E-state index in [2.05, 4.69) is 5.32 Å². The number of para-hydroxylation sites is 1. The summed E-state index contributed by atoms with van der Waals surface area (Å²) < 4.78 is 28.5. The minimum Gasteiger partial charge on any atom is -0.457 e. The molecule has 0 heterocycles. The number of hydrogen-bond donors (Lipinski definition) is 1. The predicted molar refractivity (Wildman–Crippen MR) is 116 cm³/mol. The zero-order valence-electron chi connectivity index (χ0n) is 16.8. The maximum Gasteiger partial charge on any atom is 0.338 e. The largest absolute Gasteiger partial charge is 0.457 e. The predicted octanol–water partition coefficient (Wildman–Crippen LogP) is 3.61. The van der Waals surface area contributed by atoms with Crippen LogP contribution in [0.1, 0.15) is 26.3 Å². The number of amides is 1. The van der Waals surface area contributed by atoms with Crippen molar-refractivity contribution in [3.8, 4) is 0 Å². The van der Waals surface area contributed by atoms with Crippen molar-refractivity contribution in [2.45, 2.75) is 11.5 Å². The van der Waals surface area contributed by atoms with Gasteiger partial charge in [-0.1, -0.05) is 30.3 Å². The fourth-order valence-electron chi connectivity index (χ4n) is 2.81. The fraction of sp³-hybridized carbons (Fsp3) is 0.0909. The molecule has 3 aromatic rings. The lowest BCUT2D eigenvalue weighted by atomic mass is 10.1. The van der Waals surface area contributed by atoms with Gasteiger partial charge in [-0.05, 0) is 42.0 Å². The molecule has 0 atom stereocenters. The van der Waals surface area contributed by atoms with E-state index in [-0.39, 0.29) is 18.1 Å². The summed E-state index contributed by atoms with van der Waals surface area (Å²) in [6.07, 6.45) is 0.844. The molecule has 0 unspecified atom stereocenters. The molecule has 0 aromatic heterocycles. The highest BCUT2D eigenvalue weighted by molar-refractivity contribution is 7.90. The topological polar surface area (TPSA) is 133 Å². The third-order valence-corrected chi connectivity index (χ3v) is 5.55. The third-order valence-electron chi connectivity index (χ3n) is 4.41. The van der Waals surface area contributed by atoms with Crippen molar-refractivity contribution in [1.82, 2.24) is 0 Å². The van der Waals surface area contributed by atoms with Gasteiger partial charge in [-0.3, -0.25) is 14.9 Å². The van der Waals surface area contributed by atoms with Crippen molar-refractivity contribution in [3.63, 3.8) is 0 Å². The van der Waals surface area contributed by atoms with E-state index >= 15 is 0 Å². The summed E-state index contributed by atoms with van der Waals surface area (Å²) in [7, 11) is -3.83. The average molecular weight is 454 g/mol. The summed E-state index contributed by atoms with van der Waals surface area (Å²) in [5.74, 6) is -1.14. The van der Waals surface area contributed by atoms with Crippen LogP contribution >= 0.6 is 0 Å². The van der Waals surface area contributed by atoms with Crippen LogP contribution in [0, 0.1) is 10.1 Å². The third kappa shape index (κ3) is 5.55. The van der Waals surface area contributed by atoms with Gasteiger partial charge in [0.2, 0.25) is 0 Å². The van der Waals surface area contributed by atoms with Gasteiger partial charge in [0.15, 0.2) is 9.84 Å². The average Bonchev–Trinajstić information content (AvgIpc) is 2.77. The van der Waals surface area contributed by atoms with Crippen molar-refractivity contribution in [2.24, 2.45) is 0 Å². The van der Waals surface area contributed by atoms with Crippen LogP contribution < -0.4 is 5.32 Å². The quantitative estimate of drug-likeness (QED) is 0.327. The van der Waals surface area contributed by atoms with Gasteiger partial charge >= 0.3 is 5.97 Å². The number of esters is 1. The number of carbonyl (C=O) groups excluding carboxylic acids is 2. The number of rotatable bonds is 7. The van der Waals surface area contributed by atoms with Crippen LogP contribution in [0.5, 0.6) is 0 Å². The Morgan fingerprint density at radius 1 is 0.969 bits per heavy atom. The van der Waals surface area contributed by atoms with E-state index in [1.807, 2.05) is 6.07 Å². The maximum atomic E-state index is 12.3. The van der Waals surface area contributed by atoms with Crippen molar-refractivity contribution < 1.29 is 27.7 Å². The first-order chi connectivity index (χ1) is 15.1. The van der Waals surface area contributed by atoms with Gasteiger partial charge in [0.05, 0.1) is 10.5 Å². The molecule has 1 N–H and O–H groups in total. The second kappa shape index (κ2) is 9.40. The van der Waals surface area contributed by atoms with E-state index in [0.717, 1.165) is 24.5 Å². The SMILES string of the molecule is CS(=O)(=O)c1ccc(C(=O)OCc2ccc(C(=O)Nc3ccccc3)cc2)cc1[N+](=O)[O-]. The van der Waals surface area contributed by atoms with E-state index in [4.69, 9.17) is 4.74 Å². The van der Waals surface area contributed by atoms with Gasteiger partial charge in [0.25, 0.3) is 11.6 Å². The Morgan fingerprint density at radius 3 is 2.19 bits per heavy atom. The minimum absolute atomic E-state index is 0.138. The van der Waals surface area contributed by atoms with Gasteiger partial charge in [-0.25, -0.2) is 13.2 Å². The number of nitro groups is 1. The minimum atomic E-state index is -3.83. The molecule has 0 radical (unpaired) electrons. The molecule has 1 amide bonds. The van der Waals surface area contributed by atoms with E-state index in [9.17, 15) is 28.1 Å². The normalized spacial score (nSPS) is 10.9. The summed E-state index contributed by atoms with van der Waals surface area (Å²) >= 11 is 0. The highest BCUT2D eigenvalue weighted by Crippen LogP contribution is 2.25. The summed E-state index contributed by atoms with van der Waals surface area (Å²) in [4.78, 5) is 34.4. The lowest BCUT2D eigenvalue weighted by molar-refractivity contribution is -0.387. The second-order valence-corrected chi connectivity index (χ2v) is 8.79. The number of ether oxygens (including phenoxy) is 1. The number of anilines is 1. The van der Waals surface area contributed by atoms with E-state index in [0.29, 0.717) is 16.8 Å². The molecule has 0 aliphatic carbocycles. The Morgan fingerprint density at radius 2 is 1.59 bits per heavy atom. The second-order valence-electron chi connectivity index (χ2n) is 6.80. The Hall–Kier alpha value is -4.05. The van der Waals surface area contributed by atoms with Crippen molar-refractivity contribution in [1.29, 1.82) is 0 Å². The van der Waals surface area contributed by atoms with Crippen LogP contribution in [0.2, 0.25) is 0 Å². The van der Waals surface area contributed by atoms with Gasteiger partial charge < -0.3 is 10.1 Å². The van der Waals surface area contributed by atoms with Crippen LogP contribution in [-0.2, 0) is 21.2 Å². The first-order valence-corrected chi connectivity index (χ1v) is 11.2. The van der Waals surface area contributed by atoms with Crippen LogP contribution in [0.15, 0.2) is 77.7 Å². The molecular formula is C22H18N2O7S. The zero-order chi connectivity index (χ0) is 23.3. The van der Waals surface area contributed by atoms with E-state index < -0.39 is 31.3 Å². The number of nitrogens with one attached hydrogen (secondary N) is 1. The van der Waals surface area contributed by atoms with Gasteiger partial charge in [-0.15, -0.1) is 0 Å². The van der Waals surface area contributed by atoms with E-state index in [1.165, 1.54) is 0 Å². The zero-order valence-corrected chi connectivity index (χ0v) is 17.7. The van der Waals surface area contributed by atoms with Crippen molar-refractivity contribution >= 4 is 33.1 Å². The Kier molecular flexibility index (Phi) is 6.64. The van der Waals surface area contributed by atoms with Crippen LogP contribution in [0.4, 0.5) is 11.4 Å².